The van der Waals surface area contributed by atoms with Crippen molar-refractivity contribution >= 4 is 35.5 Å². The zero-order chi connectivity index (χ0) is 29.5. The van der Waals surface area contributed by atoms with E-state index in [1.165, 1.54) is 11.1 Å². The molecular weight excluding hydrogens is 544 g/mol. The molecule has 10 heteroatoms. The van der Waals surface area contributed by atoms with Gasteiger partial charge in [-0.3, -0.25) is 14.7 Å². The Labute approximate surface area is 245 Å². The molecule has 41 heavy (non-hydrogen) atoms. The largest absolute Gasteiger partial charge is 0.473 e. The average Bonchev–Trinajstić information content (AvgIpc) is 2.99. The van der Waals surface area contributed by atoms with Crippen molar-refractivity contribution in [3.05, 3.63) is 107 Å². The van der Waals surface area contributed by atoms with Gasteiger partial charge in [-0.25, -0.2) is 9.59 Å². The van der Waals surface area contributed by atoms with Crippen LogP contribution < -0.4 is 5.32 Å². The molecule has 0 saturated carbocycles. The molecule has 1 unspecified atom stereocenters. The van der Waals surface area contributed by atoms with Gasteiger partial charge in [-0.1, -0.05) is 60.1 Å². The molecule has 0 aliphatic carbocycles. The van der Waals surface area contributed by atoms with E-state index in [2.05, 4.69) is 62.6 Å². The summed E-state index contributed by atoms with van der Waals surface area (Å²) in [7, 11) is 0. The quantitative estimate of drug-likeness (QED) is 0.186. The number of halogens is 1. The van der Waals surface area contributed by atoms with Crippen LogP contribution in [0.2, 0.25) is 5.02 Å². The number of aliphatic carboxylic acids is 2. The zero-order valence-corrected chi connectivity index (χ0v) is 23.5. The molecule has 1 amide bonds. The number of aromatic nitrogens is 1. The monoisotopic (exact) mass is 578 g/mol. The predicted molar refractivity (Wildman–Crippen MR) is 159 cm³/mol. The van der Waals surface area contributed by atoms with Crippen molar-refractivity contribution in [3.63, 3.8) is 0 Å². The van der Waals surface area contributed by atoms with Gasteiger partial charge in [0, 0.05) is 56.2 Å². The van der Waals surface area contributed by atoms with E-state index in [-0.39, 0.29) is 11.9 Å². The molecule has 2 heterocycles. The summed E-state index contributed by atoms with van der Waals surface area (Å²) in [6.07, 6.45) is 8.87. The summed E-state index contributed by atoms with van der Waals surface area (Å²) >= 11 is 6.15. The number of carboxylic acids is 2. The van der Waals surface area contributed by atoms with Crippen LogP contribution in [0.25, 0.3) is 6.08 Å². The summed E-state index contributed by atoms with van der Waals surface area (Å²) in [5, 5.41) is 18.5. The average molecular weight is 579 g/mol. The van der Waals surface area contributed by atoms with E-state index < -0.39 is 11.9 Å². The fourth-order valence-corrected chi connectivity index (χ4v) is 4.64. The Bertz CT molecular complexity index is 1250. The molecule has 0 spiro atoms. The Balaban J connectivity index is 0.000000696. The summed E-state index contributed by atoms with van der Waals surface area (Å²) in [5.74, 6) is -3.71. The van der Waals surface area contributed by atoms with Crippen LogP contribution in [-0.4, -0.2) is 82.1 Å². The normalized spacial score (nSPS) is 14.6. The molecule has 1 aliphatic rings. The van der Waals surface area contributed by atoms with Crippen LogP contribution in [0.5, 0.6) is 0 Å². The highest BCUT2D eigenvalue weighted by molar-refractivity contribution is 6.30. The number of carboxylic acid groups (broad SMARTS) is 2. The third-order valence-electron chi connectivity index (χ3n) is 6.57. The number of hydrogen-bond acceptors (Lipinski definition) is 6. The number of carbonyl (C=O) groups excluding carboxylic acids is 1. The van der Waals surface area contributed by atoms with Crippen molar-refractivity contribution in [2.45, 2.75) is 18.9 Å². The highest BCUT2D eigenvalue weighted by Gasteiger charge is 2.26. The molecule has 1 aromatic heterocycles. The number of piperazine rings is 1. The predicted octanol–water partition coefficient (Wildman–Crippen LogP) is 4.21. The maximum Gasteiger partial charge on any atom is 0.414 e. The number of carbonyl (C=O) groups is 3. The minimum Gasteiger partial charge on any atom is -0.473 e. The van der Waals surface area contributed by atoms with Crippen LogP contribution in [0.4, 0.5) is 0 Å². The van der Waals surface area contributed by atoms with E-state index in [1.807, 2.05) is 24.3 Å². The molecule has 2 aromatic carbocycles. The molecule has 216 valence electrons. The number of hydrogen-bond donors (Lipinski definition) is 3. The van der Waals surface area contributed by atoms with Crippen molar-refractivity contribution in [1.82, 2.24) is 20.1 Å². The van der Waals surface area contributed by atoms with Gasteiger partial charge in [-0.15, -0.1) is 0 Å². The van der Waals surface area contributed by atoms with E-state index in [0.717, 1.165) is 56.2 Å². The van der Waals surface area contributed by atoms with Crippen LogP contribution >= 0.6 is 11.6 Å². The van der Waals surface area contributed by atoms with Gasteiger partial charge in [0.15, 0.2) is 0 Å². The summed E-state index contributed by atoms with van der Waals surface area (Å²) in [6.45, 7) is 5.92. The van der Waals surface area contributed by atoms with E-state index >= 15 is 0 Å². The lowest BCUT2D eigenvalue weighted by atomic mass is 9.96. The fourth-order valence-electron chi connectivity index (χ4n) is 4.52. The Morgan fingerprint density at radius 2 is 1.54 bits per heavy atom. The van der Waals surface area contributed by atoms with Gasteiger partial charge in [-0.05, 0) is 60.4 Å². The molecule has 3 aromatic rings. The summed E-state index contributed by atoms with van der Waals surface area (Å²) in [5.41, 5.74) is 3.52. The van der Waals surface area contributed by atoms with Gasteiger partial charge in [0.1, 0.15) is 0 Å². The maximum atomic E-state index is 12.0. The van der Waals surface area contributed by atoms with Crippen molar-refractivity contribution in [1.29, 1.82) is 0 Å². The molecule has 1 atom stereocenters. The van der Waals surface area contributed by atoms with Crippen LogP contribution in [0, 0.1) is 0 Å². The number of pyridine rings is 1. The summed E-state index contributed by atoms with van der Waals surface area (Å²) < 4.78 is 0. The molecular formula is C31H35ClN4O5. The SMILES string of the molecule is O=C(/C=C/c1cccnc1)NCCCCN1CCN(C(c2ccccc2)c2ccc(Cl)cc2)CC1.O=C(O)C(=O)O. The number of unbranched alkanes of at least 4 members (excludes halogenated alkanes) is 1. The van der Waals surface area contributed by atoms with Crippen molar-refractivity contribution in [3.8, 4) is 0 Å². The van der Waals surface area contributed by atoms with E-state index in [4.69, 9.17) is 31.4 Å². The summed E-state index contributed by atoms with van der Waals surface area (Å²) in [6, 6.07) is 23.0. The fraction of sp³-hybridized carbons (Fsp3) is 0.290. The third kappa shape index (κ3) is 11.2. The van der Waals surface area contributed by atoms with Crippen LogP contribution in [-0.2, 0) is 14.4 Å². The first-order valence-electron chi connectivity index (χ1n) is 13.4. The minimum atomic E-state index is -1.82. The number of rotatable bonds is 10. The number of nitrogens with zero attached hydrogens (tertiary/aromatic N) is 3. The molecule has 3 N–H and O–H groups in total. The van der Waals surface area contributed by atoms with Gasteiger partial charge >= 0.3 is 11.9 Å². The second kappa shape index (κ2) is 16.9. The molecule has 0 radical (unpaired) electrons. The topological polar surface area (TPSA) is 123 Å². The van der Waals surface area contributed by atoms with Gasteiger partial charge in [-0.2, -0.15) is 0 Å². The van der Waals surface area contributed by atoms with Crippen molar-refractivity contribution in [2.24, 2.45) is 0 Å². The number of amides is 1. The first-order valence-corrected chi connectivity index (χ1v) is 13.8. The van der Waals surface area contributed by atoms with Gasteiger partial charge < -0.3 is 20.4 Å². The second-order valence-electron chi connectivity index (χ2n) is 9.47. The Morgan fingerprint density at radius 1 is 0.878 bits per heavy atom. The van der Waals surface area contributed by atoms with Crippen LogP contribution in [0.1, 0.15) is 35.6 Å². The standard InChI is InChI=1S/C29H33ClN4O.C2H2O4/c30-27-13-11-26(12-14-27)29(25-8-2-1-3-9-25)34-21-19-33(20-22-34)18-5-4-17-32-28(35)15-10-24-7-6-16-31-23-24;3-1(4)2(5)6/h1-3,6-16,23,29H,4-5,17-22H2,(H,32,35);(H,3,4)(H,5,6)/b15-10+;. The number of nitrogens with one attached hydrogen (secondary N) is 1. The second-order valence-corrected chi connectivity index (χ2v) is 9.91. The Hall–Kier alpha value is -4.05. The Kier molecular flexibility index (Phi) is 13.0. The number of benzene rings is 2. The molecule has 1 aliphatic heterocycles. The summed E-state index contributed by atoms with van der Waals surface area (Å²) in [4.78, 5) is 39.3. The molecule has 1 saturated heterocycles. The zero-order valence-electron chi connectivity index (χ0n) is 22.7. The molecule has 9 nitrogen and oxygen atoms in total. The van der Waals surface area contributed by atoms with E-state index in [9.17, 15) is 4.79 Å². The first kappa shape index (κ1) is 31.5. The van der Waals surface area contributed by atoms with Crippen molar-refractivity contribution < 1.29 is 24.6 Å². The lowest BCUT2D eigenvalue weighted by molar-refractivity contribution is -0.159. The van der Waals surface area contributed by atoms with Gasteiger partial charge in [0.2, 0.25) is 5.91 Å². The Morgan fingerprint density at radius 3 is 2.15 bits per heavy atom. The maximum absolute atomic E-state index is 12.0. The van der Waals surface area contributed by atoms with E-state index in [1.54, 1.807) is 24.5 Å². The minimum absolute atomic E-state index is 0.0587. The molecule has 4 rings (SSSR count). The molecule has 0 bridgehead atoms. The highest BCUT2D eigenvalue weighted by atomic mass is 35.5. The lowest BCUT2D eigenvalue weighted by Crippen LogP contribution is -2.48. The van der Waals surface area contributed by atoms with Gasteiger partial charge in [0.25, 0.3) is 0 Å². The first-order chi connectivity index (χ1) is 19.8. The molecule has 1 fully saturated rings. The van der Waals surface area contributed by atoms with E-state index in [0.29, 0.717) is 6.54 Å². The van der Waals surface area contributed by atoms with Crippen LogP contribution in [0.3, 0.4) is 0 Å². The van der Waals surface area contributed by atoms with Crippen LogP contribution in [0.15, 0.2) is 85.2 Å². The smallest absolute Gasteiger partial charge is 0.414 e. The van der Waals surface area contributed by atoms with Crippen molar-refractivity contribution in [2.75, 3.05) is 39.3 Å². The van der Waals surface area contributed by atoms with Gasteiger partial charge in [0.05, 0.1) is 6.04 Å². The highest BCUT2D eigenvalue weighted by Crippen LogP contribution is 2.30. The lowest BCUT2D eigenvalue weighted by Gasteiger charge is -2.40. The third-order valence-corrected chi connectivity index (χ3v) is 6.82.